The number of rotatable bonds is 0. The number of fused-ring (bicyclic) bond motifs is 8. The van der Waals surface area contributed by atoms with Crippen LogP contribution in [0.3, 0.4) is 0 Å². The molecule has 0 saturated carbocycles. The zero-order valence-corrected chi connectivity index (χ0v) is 18.0. The Labute approximate surface area is 167 Å². The molecule has 26 heavy (non-hydrogen) atoms. The van der Waals surface area contributed by atoms with Crippen LogP contribution in [-0.4, -0.2) is 30.9 Å². The van der Waals surface area contributed by atoms with Crippen LogP contribution in [0.5, 0.6) is 0 Å². The number of aromatic nitrogens is 4. The first-order chi connectivity index (χ1) is 11.8. The minimum absolute atomic E-state index is 0. The van der Waals surface area contributed by atoms with Gasteiger partial charge in [0.1, 0.15) is 0 Å². The molecule has 5 rings (SSSR count). The van der Waals surface area contributed by atoms with Crippen molar-refractivity contribution in [2.24, 2.45) is 0 Å². The molecule has 8 bridgehead atoms. The Morgan fingerprint density at radius 3 is 1.27 bits per heavy atom. The molecule has 2 aliphatic rings. The maximum Gasteiger partial charge on any atom is 0.0659 e. The van der Waals surface area contributed by atoms with Gasteiger partial charge in [0.15, 0.2) is 0 Å². The summed E-state index contributed by atoms with van der Waals surface area (Å²) in [6.45, 7) is 0. The van der Waals surface area contributed by atoms with E-state index in [1.54, 1.807) is 0 Å². The van der Waals surface area contributed by atoms with Crippen LogP contribution in [0.25, 0.3) is 46.4 Å². The number of nitrogens with zero attached hydrogens (tertiary/aromatic N) is 2. The van der Waals surface area contributed by atoms with Crippen molar-refractivity contribution in [1.82, 2.24) is 19.9 Å². The molecule has 3 aromatic rings. The number of aromatic amines is 2. The molecule has 0 fully saturated rings. The molecule has 6 heteroatoms. The van der Waals surface area contributed by atoms with Gasteiger partial charge in [0.05, 0.1) is 22.8 Å². The molecule has 120 valence electrons. The Morgan fingerprint density at radius 2 is 0.846 bits per heavy atom. The Balaban J connectivity index is 0.000000980. The molecule has 5 heterocycles. The van der Waals surface area contributed by atoms with Gasteiger partial charge in [-0.15, -0.1) is 0 Å². The van der Waals surface area contributed by atoms with Crippen LogP contribution in [0.1, 0.15) is 22.8 Å². The molecule has 3 aromatic heterocycles. The molecule has 0 atom stereocenters. The molecule has 2 aliphatic heterocycles. The molecule has 4 radical (unpaired) electrons. The minimum atomic E-state index is 0. The van der Waals surface area contributed by atoms with Crippen molar-refractivity contribution >= 4 is 57.3 Å². The first-order valence-electron chi connectivity index (χ1n) is 7.85. The normalized spacial score (nSPS) is 11.7. The average Bonchev–Trinajstić information content (AvgIpc) is 3.32. The molecule has 0 aliphatic carbocycles. The predicted octanol–water partition coefficient (Wildman–Crippen LogP) is 4.27. The number of nitrogens with one attached hydrogen (secondary N) is 2. The van der Waals surface area contributed by atoms with Gasteiger partial charge >= 0.3 is 0 Å². The predicted molar refractivity (Wildman–Crippen MR) is 105 cm³/mol. The van der Waals surface area contributed by atoms with Gasteiger partial charge in [0.2, 0.25) is 0 Å². The standard InChI is InChI=1S/C20H14N4.Si.Zn/c1-2-14-10-16-5-6-18(23-16)12-20-8-7-19(24-20)11-17-4-3-15(22-17)9-13(1)21-14;;/h1-12,21-22H;;. The summed E-state index contributed by atoms with van der Waals surface area (Å²) < 4.78 is 0. The van der Waals surface area contributed by atoms with Crippen molar-refractivity contribution in [2.75, 3.05) is 0 Å². The van der Waals surface area contributed by atoms with Crippen molar-refractivity contribution in [3.63, 3.8) is 0 Å². The average molecular weight is 404 g/mol. The molecule has 2 N–H and O–H groups in total. The Bertz CT molecular complexity index is 1080. The minimum Gasteiger partial charge on any atom is -0.355 e. The third kappa shape index (κ3) is 3.66. The fraction of sp³-hybridized carbons (Fsp3) is 0. The zero-order chi connectivity index (χ0) is 15.9. The van der Waals surface area contributed by atoms with E-state index in [0.717, 1.165) is 44.8 Å². The van der Waals surface area contributed by atoms with Crippen LogP contribution in [0, 0.1) is 0 Å². The van der Waals surface area contributed by atoms with Crippen molar-refractivity contribution in [1.29, 1.82) is 0 Å². The maximum absolute atomic E-state index is 4.62. The van der Waals surface area contributed by atoms with Crippen LogP contribution in [0.4, 0.5) is 0 Å². The van der Waals surface area contributed by atoms with Gasteiger partial charge < -0.3 is 9.97 Å². The van der Waals surface area contributed by atoms with Gasteiger partial charge in [-0.05, 0) is 72.8 Å². The molecular formula is C20H14N4SiZn. The van der Waals surface area contributed by atoms with E-state index in [-0.39, 0.29) is 30.4 Å². The largest absolute Gasteiger partial charge is 0.355 e. The Hall–Kier alpha value is -2.56. The first kappa shape index (κ1) is 18.2. The van der Waals surface area contributed by atoms with E-state index in [1.165, 1.54) is 0 Å². The van der Waals surface area contributed by atoms with Gasteiger partial charge in [-0.25, -0.2) is 9.97 Å². The van der Waals surface area contributed by atoms with Crippen LogP contribution in [0.15, 0.2) is 48.5 Å². The summed E-state index contributed by atoms with van der Waals surface area (Å²) in [6.07, 6.45) is 8.05. The SMILES string of the molecule is C1=Cc2cc3ccc(cc4ccc(cc5nc(cc1n2)C=C5)[nH]4)[nH]3.[Si].[Zn]. The van der Waals surface area contributed by atoms with E-state index in [4.69, 9.17) is 0 Å². The number of hydrogen-bond donors (Lipinski definition) is 2. The van der Waals surface area contributed by atoms with E-state index in [0.29, 0.717) is 0 Å². The van der Waals surface area contributed by atoms with Gasteiger partial charge in [0.25, 0.3) is 0 Å². The Kier molecular flexibility index (Phi) is 5.16. The summed E-state index contributed by atoms with van der Waals surface area (Å²) in [7, 11) is 0. The fourth-order valence-electron chi connectivity index (χ4n) is 2.94. The molecule has 0 unspecified atom stereocenters. The molecule has 4 nitrogen and oxygen atoms in total. The van der Waals surface area contributed by atoms with Gasteiger partial charge in [-0.2, -0.15) is 0 Å². The molecule has 0 saturated heterocycles. The van der Waals surface area contributed by atoms with Crippen molar-refractivity contribution in [3.8, 4) is 0 Å². The van der Waals surface area contributed by atoms with E-state index < -0.39 is 0 Å². The van der Waals surface area contributed by atoms with Crippen LogP contribution < -0.4 is 0 Å². The van der Waals surface area contributed by atoms with Gasteiger partial charge in [-0.1, -0.05) is 0 Å². The second kappa shape index (κ2) is 7.36. The fourth-order valence-corrected chi connectivity index (χ4v) is 2.94. The summed E-state index contributed by atoms with van der Waals surface area (Å²) in [6, 6.07) is 16.4. The molecule has 0 amide bonds. The number of H-pyrrole nitrogens is 2. The van der Waals surface area contributed by atoms with E-state index in [2.05, 4.69) is 50.3 Å². The quantitative estimate of drug-likeness (QED) is 0.379. The molecular weight excluding hydrogens is 390 g/mol. The monoisotopic (exact) mass is 402 g/mol. The summed E-state index contributed by atoms with van der Waals surface area (Å²) >= 11 is 0. The first-order valence-corrected chi connectivity index (χ1v) is 7.85. The maximum atomic E-state index is 4.62. The topological polar surface area (TPSA) is 57.4 Å². The smallest absolute Gasteiger partial charge is 0.0659 e. The summed E-state index contributed by atoms with van der Waals surface area (Å²) in [5, 5.41) is 0. The Morgan fingerprint density at radius 1 is 0.500 bits per heavy atom. The van der Waals surface area contributed by atoms with Crippen molar-refractivity contribution in [3.05, 3.63) is 71.3 Å². The second-order valence-electron chi connectivity index (χ2n) is 5.91. The van der Waals surface area contributed by atoms with Crippen LogP contribution in [0.2, 0.25) is 0 Å². The number of hydrogen-bond acceptors (Lipinski definition) is 2. The van der Waals surface area contributed by atoms with Crippen LogP contribution in [-0.2, 0) is 19.5 Å². The third-order valence-electron chi connectivity index (χ3n) is 4.04. The van der Waals surface area contributed by atoms with Crippen molar-refractivity contribution < 1.29 is 19.5 Å². The molecule has 0 aromatic carbocycles. The molecule has 0 spiro atoms. The summed E-state index contributed by atoms with van der Waals surface area (Å²) in [5.74, 6) is 0. The van der Waals surface area contributed by atoms with Gasteiger partial charge in [-0.3, -0.25) is 0 Å². The third-order valence-corrected chi connectivity index (χ3v) is 4.04. The zero-order valence-electron chi connectivity index (χ0n) is 14.0. The van der Waals surface area contributed by atoms with Gasteiger partial charge in [0, 0.05) is 52.5 Å². The second-order valence-corrected chi connectivity index (χ2v) is 5.91. The van der Waals surface area contributed by atoms with E-state index in [1.807, 2.05) is 42.5 Å². The summed E-state index contributed by atoms with van der Waals surface area (Å²) in [4.78, 5) is 16.0. The van der Waals surface area contributed by atoms with E-state index >= 15 is 0 Å². The van der Waals surface area contributed by atoms with E-state index in [9.17, 15) is 0 Å². The van der Waals surface area contributed by atoms with Crippen LogP contribution >= 0.6 is 0 Å². The summed E-state index contributed by atoms with van der Waals surface area (Å²) in [5.41, 5.74) is 7.86. The van der Waals surface area contributed by atoms with Crippen molar-refractivity contribution in [2.45, 2.75) is 0 Å².